The van der Waals surface area contributed by atoms with E-state index in [1.165, 1.54) is 12.3 Å². The molecule has 1 aromatic heterocycles. The molecule has 1 aromatic rings. The van der Waals surface area contributed by atoms with Gasteiger partial charge >= 0.3 is 5.97 Å². The highest BCUT2D eigenvalue weighted by atomic mass is 19.1. The number of nitrogens with zero attached hydrogens (tertiary/aromatic N) is 4. The molecule has 0 aliphatic carbocycles. The lowest BCUT2D eigenvalue weighted by molar-refractivity contribution is 0.0690. The first-order chi connectivity index (χ1) is 8.15. The van der Waals surface area contributed by atoms with Crippen LogP contribution in [-0.4, -0.2) is 22.6 Å². The van der Waals surface area contributed by atoms with E-state index in [0.29, 0.717) is 18.5 Å². The molecule has 0 amide bonds. The number of carboxylic acids is 1. The Morgan fingerprint density at radius 3 is 3.12 bits per heavy atom. The highest BCUT2D eigenvalue weighted by molar-refractivity contribution is 5.88. The molecule has 0 saturated carbocycles. The Labute approximate surface area is 96.0 Å². The number of rotatable bonds is 5. The van der Waals surface area contributed by atoms with Crippen molar-refractivity contribution in [2.24, 2.45) is 5.11 Å². The summed E-state index contributed by atoms with van der Waals surface area (Å²) in [4.78, 5) is 16.5. The van der Waals surface area contributed by atoms with Crippen LogP contribution < -0.4 is 0 Å². The smallest absolute Gasteiger partial charge is 0.340 e. The fraction of sp³-hybridized carbons (Fsp3) is 0.200. The van der Waals surface area contributed by atoms with E-state index in [1.807, 2.05) is 0 Å². The van der Waals surface area contributed by atoms with Crippen molar-refractivity contribution in [3.8, 4) is 0 Å². The number of azide groups is 1. The maximum atomic E-state index is 12.9. The summed E-state index contributed by atoms with van der Waals surface area (Å²) in [6.45, 7) is 0.313. The Kier molecular flexibility index (Phi) is 4.65. The first kappa shape index (κ1) is 12.7. The topological polar surface area (TPSA) is 99.0 Å². The van der Waals surface area contributed by atoms with Gasteiger partial charge in [0.2, 0.25) is 5.95 Å². The van der Waals surface area contributed by atoms with E-state index >= 15 is 0 Å². The van der Waals surface area contributed by atoms with Crippen LogP contribution in [0.1, 0.15) is 22.3 Å². The summed E-state index contributed by atoms with van der Waals surface area (Å²) >= 11 is 0. The van der Waals surface area contributed by atoms with Gasteiger partial charge in [-0.05, 0) is 23.6 Å². The van der Waals surface area contributed by atoms with Gasteiger partial charge in [-0.25, -0.2) is 9.78 Å². The van der Waals surface area contributed by atoms with Crippen LogP contribution in [0.5, 0.6) is 0 Å². The summed E-state index contributed by atoms with van der Waals surface area (Å²) in [6.07, 6.45) is 5.02. The van der Waals surface area contributed by atoms with Gasteiger partial charge in [0, 0.05) is 17.7 Å². The van der Waals surface area contributed by atoms with Crippen LogP contribution in [0.15, 0.2) is 23.5 Å². The molecular weight excluding hydrogens is 227 g/mol. The second-order valence-corrected chi connectivity index (χ2v) is 3.06. The maximum absolute atomic E-state index is 12.9. The molecule has 0 spiro atoms. The summed E-state index contributed by atoms with van der Waals surface area (Å²) in [5, 5.41) is 12.0. The van der Waals surface area contributed by atoms with Crippen molar-refractivity contribution in [3.63, 3.8) is 0 Å². The molecule has 0 unspecified atom stereocenters. The Hall–Kier alpha value is -2.40. The van der Waals surface area contributed by atoms with E-state index in [2.05, 4.69) is 15.0 Å². The third kappa shape index (κ3) is 3.92. The zero-order valence-electron chi connectivity index (χ0n) is 8.75. The molecule has 0 fully saturated rings. The lowest BCUT2D eigenvalue weighted by Gasteiger charge is -1.98. The first-order valence-electron chi connectivity index (χ1n) is 4.71. The first-order valence-corrected chi connectivity index (χ1v) is 4.71. The number of hydrogen-bond acceptors (Lipinski definition) is 3. The van der Waals surface area contributed by atoms with Gasteiger partial charge in [-0.1, -0.05) is 17.3 Å². The number of carboxylic acid groups (broad SMARTS) is 1. The highest BCUT2D eigenvalue weighted by Crippen LogP contribution is 2.09. The van der Waals surface area contributed by atoms with Crippen molar-refractivity contribution in [2.75, 3.05) is 6.54 Å². The Bertz CT molecular complexity index is 495. The van der Waals surface area contributed by atoms with Gasteiger partial charge in [-0.3, -0.25) is 0 Å². The monoisotopic (exact) mass is 236 g/mol. The van der Waals surface area contributed by atoms with Crippen LogP contribution in [0.4, 0.5) is 4.39 Å². The molecule has 0 bridgehead atoms. The summed E-state index contributed by atoms with van der Waals surface area (Å²) in [7, 11) is 0. The SMILES string of the molecule is [N-]=[N+]=NCCC=Cc1cnc(F)c(C(=O)O)c1. The molecule has 88 valence electrons. The Balaban J connectivity index is 2.75. The van der Waals surface area contributed by atoms with Crippen molar-refractivity contribution in [1.82, 2.24) is 4.98 Å². The van der Waals surface area contributed by atoms with Gasteiger partial charge in [0.25, 0.3) is 0 Å². The van der Waals surface area contributed by atoms with E-state index < -0.39 is 17.5 Å². The molecule has 6 nitrogen and oxygen atoms in total. The summed E-state index contributed by atoms with van der Waals surface area (Å²) < 4.78 is 12.9. The zero-order valence-corrected chi connectivity index (χ0v) is 8.75. The average molecular weight is 236 g/mol. The van der Waals surface area contributed by atoms with Crippen molar-refractivity contribution >= 4 is 12.0 Å². The minimum absolute atomic E-state index is 0.313. The number of hydrogen-bond donors (Lipinski definition) is 1. The number of pyridine rings is 1. The molecule has 0 atom stereocenters. The summed E-state index contributed by atoms with van der Waals surface area (Å²) in [5.41, 5.74) is 8.03. The molecule has 1 heterocycles. The molecule has 0 aromatic carbocycles. The second kappa shape index (κ2) is 6.24. The molecule has 0 saturated heterocycles. The van der Waals surface area contributed by atoms with Crippen LogP contribution in [0.2, 0.25) is 0 Å². The van der Waals surface area contributed by atoms with Gasteiger partial charge in [0.1, 0.15) is 5.56 Å². The lowest BCUT2D eigenvalue weighted by atomic mass is 10.2. The van der Waals surface area contributed by atoms with Crippen molar-refractivity contribution in [2.45, 2.75) is 6.42 Å². The minimum atomic E-state index is -1.36. The molecular formula is C10H9FN4O2. The summed E-state index contributed by atoms with van der Waals surface area (Å²) in [5.74, 6) is -2.37. The van der Waals surface area contributed by atoms with E-state index in [-0.39, 0.29) is 0 Å². The van der Waals surface area contributed by atoms with Crippen molar-refractivity contribution < 1.29 is 14.3 Å². The van der Waals surface area contributed by atoms with Crippen LogP contribution in [0.25, 0.3) is 16.5 Å². The molecule has 7 heteroatoms. The fourth-order valence-electron chi connectivity index (χ4n) is 1.10. The molecule has 0 radical (unpaired) electrons. The summed E-state index contributed by atoms with van der Waals surface area (Å²) in [6, 6.07) is 1.19. The Morgan fingerprint density at radius 1 is 1.71 bits per heavy atom. The van der Waals surface area contributed by atoms with Gasteiger partial charge < -0.3 is 5.11 Å². The molecule has 0 aliphatic rings. The third-order valence-corrected chi connectivity index (χ3v) is 1.86. The predicted octanol–water partition coefficient (Wildman–Crippen LogP) is 2.63. The van der Waals surface area contributed by atoms with Crippen LogP contribution >= 0.6 is 0 Å². The van der Waals surface area contributed by atoms with Gasteiger partial charge in [-0.15, -0.1) is 0 Å². The van der Waals surface area contributed by atoms with Crippen LogP contribution in [0.3, 0.4) is 0 Å². The normalized spacial score (nSPS) is 10.2. The molecule has 1 N–H and O–H groups in total. The lowest BCUT2D eigenvalue weighted by Crippen LogP contribution is -2.02. The second-order valence-electron chi connectivity index (χ2n) is 3.06. The predicted molar refractivity (Wildman–Crippen MR) is 58.8 cm³/mol. The highest BCUT2D eigenvalue weighted by Gasteiger charge is 2.10. The Morgan fingerprint density at radius 2 is 2.47 bits per heavy atom. The average Bonchev–Trinajstić information content (AvgIpc) is 2.30. The largest absolute Gasteiger partial charge is 0.478 e. The van der Waals surface area contributed by atoms with Crippen LogP contribution in [0, 0.1) is 5.95 Å². The van der Waals surface area contributed by atoms with Crippen molar-refractivity contribution in [3.05, 3.63) is 45.9 Å². The van der Waals surface area contributed by atoms with E-state index in [0.717, 1.165) is 0 Å². The van der Waals surface area contributed by atoms with Gasteiger partial charge in [0.05, 0.1) is 0 Å². The number of aromatic carboxylic acids is 1. The van der Waals surface area contributed by atoms with Crippen LogP contribution in [-0.2, 0) is 0 Å². The fourth-order valence-corrected chi connectivity index (χ4v) is 1.10. The van der Waals surface area contributed by atoms with E-state index in [9.17, 15) is 9.18 Å². The number of carbonyl (C=O) groups is 1. The quantitative estimate of drug-likeness (QED) is 0.279. The number of halogens is 1. The van der Waals surface area contributed by atoms with Gasteiger partial charge in [0.15, 0.2) is 0 Å². The standard InChI is InChI=1S/C10H9FN4O2/c11-9-8(10(16)17)5-7(6-13-9)3-1-2-4-14-15-12/h1,3,5-6H,2,4H2,(H,16,17). The third-order valence-electron chi connectivity index (χ3n) is 1.86. The molecule has 1 rings (SSSR count). The number of aromatic nitrogens is 1. The van der Waals surface area contributed by atoms with Gasteiger partial charge in [-0.2, -0.15) is 4.39 Å². The minimum Gasteiger partial charge on any atom is -0.478 e. The zero-order chi connectivity index (χ0) is 12.7. The molecule has 17 heavy (non-hydrogen) atoms. The van der Waals surface area contributed by atoms with Crippen molar-refractivity contribution in [1.29, 1.82) is 0 Å². The van der Waals surface area contributed by atoms with E-state index in [4.69, 9.17) is 10.6 Å². The maximum Gasteiger partial charge on any atom is 0.340 e. The molecule has 0 aliphatic heterocycles. The van der Waals surface area contributed by atoms with E-state index in [1.54, 1.807) is 12.2 Å².